The number of hydrogen-bond donors (Lipinski definition) is 1. The highest BCUT2D eigenvalue weighted by Crippen LogP contribution is 2.19. The first kappa shape index (κ1) is 12.9. The van der Waals surface area contributed by atoms with Gasteiger partial charge in [0.2, 0.25) is 0 Å². The van der Waals surface area contributed by atoms with Crippen LogP contribution < -0.4 is 5.32 Å². The molecule has 0 aromatic heterocycles. The molecular formula is C10H21NO3S. The number of rotatable bonds is 5. The molecule has 0 radical (unpaired) electrons. The van der Waals surface area contributed by atoms with Gasteiger partial charge in [-0.25, -0.2) is 8.42 Å². The number of ether oxygens (including phenoxy) is 1. The molecule has 0 unspecified atom stereocenters. The van der Waals surface area contributed by atoms with Crippen LogP contribution in [0, 0.1) is 0 Å². The molecule has 0 bridgehead atoms. The normalized spacial score (nSPS) is 21.5. The molecule has 1 rings (SSSR count). The van der Waals surface area contributed by atoms with Gasteiger partial charge in [-0.1, -0.05) is 0 Å². The molecule has 1 aliphatic rings. The predicted octanol–water partition coefficient (Wildman–Crippen LogP) is 0.580. The third-order valence-electron chi connectivity index (χ3n) is 2.84. The van der Waals surface area contributed by atoms with Crippen molar-refractivity contribution in [1.29, 1.82) is 0 Å². The maximum absolute atomic E-state index is 10.9. The van der Waals surface area contributed by atoms with Crippen molar-refractivity contribution in [3.05, 3.63) is 0 Å². The number of nitrogens with one attached hydrogen (secondary N) is 1. The third kappa shape index (κ3) is 5.49. The predicted molar refractivity (Wildman–Crippen MR) is 60.8 cm³/mol. The minimum Gasteiger partial charge on any atom is -0.381 e. The van der Waals surface area contributed by atoms with Crippen molar-refractivity contribution >= 4 is 9.84 Å². The lowest BCUT2D eigenvalue weighted by atomic mass is 9.92. The van der Waals surface area contributed by atoms with Crippen LogP contribution in [0.2, 0.25) is 0 Å². The van der Waals surface area contributed by atoms with Gasteiger partial charge >= 0.3 is 0 Å². The fourth-order valence-electron chi connectivity index (χ4n) is 1.72. The summed E-state index contributed by atoms with van der Waals surface area (Å²) in [7, 11) is -2.81. The van der Waals surface area contributed by atoms with Gasteiger partial charge in [-0.3, -0.25) is 0 Å². The molecule has 5 heteroatoms. The molecule has 4 nitrogen and oxygen atoms in total. The van der Waals surface area contributed by atoms with Crippen molar-refractivity contribution in [2.24, 2.45) is 0 Å². The van der Waals surface area contributed by atoms with E-state index in [-0.39, 0.29) is 11.3 Å². The first-order chi connectivity index (χ1) is 6.91. The molecule has 0 atom stereocenters. The Hall–Kier alpha value is -0.130. The van der Waals surface area contributed by atoms with Gasteiger partial charge in [-0.2, -0.15) is 0 Å². The summed E-state index contributed by atoms with van der Waals surface area (Å²) in [6.07, 6.45) is 3.98. The van der Waals surface area contributed by atoms with Crippen LogP contribution in [0.1, 0.15) is 26.2 Å². The standard InChI is InChI=1S/C10H21NO3S/c1-10(4-7-14-8-5-10)11-6-3-9-15(2,12)13/h11H,3-9H2,1-2H3. The molecule has 0 aromatic carbocycles. The van der Waals surface area contributed by atoms with E-state index >= 15 is 0 Å². The van der Waals surface area contributed by atoms with Crippen molar-refractivity contribution in [2.45, 2.75) is 31.7 Å². The van der Waals surface area contributed by atoms with E-state index in [1.807, 2.05) is 0 Å². The molecule has 1 aliphatic heterocycles. The van der Waals surface area contributed by atoms with Gasteiger partial charge in [-0.05, 0) is 32.7 Å². The zero-order valence-electron chi connectivity index (χ0n) is 9.58. The van der Waals surface area contributed by atoms with E-state index in [0.717, 1.165) is 32.6 Å². The van der Waals surface area contributed by atoms with Crippen LogP contribution in [0.15, 0.2) is 0 Å². The smallest absolute Gasteiger partial charge is 0.147 e. The van der Waals surface area contributed by atoms with Crippen LogP contribution in [-0.4, -0.2) is 45.7 Å². The summed E-state index contributed by atoms with van der Waals surface area (Å²) in [5.41, 5.74) is 0.135. The Bertz CT molecular complexity index is 281. The molecule has 0 spiro atoms. The Morgan fingerprint density at radius 3 is 2.47 bits per heavy atom. The lowest BCUT2D eigenvalue weighted by Gasteiger charge is -2.34. The van der Waals surface area contributed by atoms with Gasteiger partial charge in [0.05, 0.1) is 5.75 Å². The zero-order chi connectivity index (χ0) is 11.4. The van der Waals surface area contributed by atoms with E-state index in [1.165, 1.54) is 6.26 Å². The highest BCUT2D eigenvalue weighted by Gasteiger charge is 2.26. The lowest BCUT2D eigenvalue weighted by molar-refractivity contribution is 0.0455. The second kappa shape index (κ2) is 5.27. The number of sulfone groups is 1. The molecule has 0 amide bonds. The zero-order valence-corrected chi connectivity index (χ0v) is 10.4. The Morgan fingerprint density at radius 2 is 1.93 bits per heavy atom. The fraction of sp³-hybridized carbons (Fsp3) is 1.00. The maximum Gasteiger partial charge on any atom is 0.147 e. The quantitative estimate of drug-likeness (QED) is 0.708. The topological polar surface area (TPSA) is 55.4 Å². The summed E-state index contributed by atoms with van der Waals surface area (Å²) < 4.78 is 27.1. The van der Waals surface area contributed by atoms with Crippen molar-refractivity contribution in [1.82, 2.24) is 5.32 Å². The van der Waals surface area contributed by atoms with Crippen LogP contribution in [0.5, 0.6) is 0 Å². The second-order valence-electron chi connectivity index (χ2n) is 4.58. The van der Waals surface area contributed by atoms with Gasteiger partial charge in [0.15, 0.2) is 0 Å². The van der Waals surface area contributed by atoms with Gasteiger partial charge in [0.1, 0.15) is 9.84 Å². The van der Waals surface area contributed by atoms with E-state index in [1.54, 1.807) is 0 Å². The number of hydrogen-bond acceptors (Lipinski definition) is 4. The van der Waals surface area contributed by atoms with E-state index < -0.39 is 9.84 Å². The molecule has 1 saturated heterocycles. The summed E-state index contributed by atoms with van der Waals surface area (Å²) in [6, 6.07) is 0. The van der Waals surface area contributed by atoms with Crippen LogP contribution in [0.3, 0.4) is 0 Å². The molecule has 0 aliphatic carbocycles. The van der Waals surface area contributed by atoms with E-state index in [2.05, 4.69) is 12.2 Å². The second-order valence-corrected chi connectivity index (χ2v) is 6.84. The van der Waals surface area contributed by atoms with Crippen LogP contribution in [0.4, 0.5) is 0 Å². The average molecular weight is 235 g/mol. The lowest BCUT2D eigenvalue weighted by Crippen LogP contribution is -2.47. The summed E-state index contributed by atoms with van der Waals surface area (Å²) in [5.74, 6) is 0.270. The van der Waals surface area contributed by atoms with Crippen LogP contribution in [-0.2, 0) is 14.6 Å². The average Bonchev–Trinajstić information content (AvgIpc) is 2.12. The first-order valence-corrected chi connectivity index (χ1v) is 7.48. The molecular weight excluding hydrogens is 214 g/mol. The first-order valence-electron chi connectivity index (χ1n) is 5.42. The molecule has 1 heterocycles. The monoisotopic (exact) mass is 235 g/mol. The van der Waals surface area contributed by atoms with Crippen molar-refractivity contribution in [3.63, 3.8) is 0 Å². The third-order valence-corrected chi connectivity index (χ3v) is 3.87. The highest BCUT2D eigenvalue weighted by molar-refractivity contribution is 7.90. The summed E-state index contributed by atoms with van der Waals surface area (Å²) in [6.45, 7) is 4.55. The van der Waals surface area contributed by atoms with E-state index in [9.17, 15) is 8.42 Å². The summed E-state index contributed by atoms with van der Waals surface area (Å²) >= 11 is 0. The van der Waals surface area contributed by atoms with Gasteiger partial charge in [0, 0.05) is 25.0 Å². The molecule has 1 N–H and O–H groups in total. The van der Waals surface area contributed by atoms with E-state index in [0.29, 0.717) is 6.42 Å². The largest absolute Gasteiger partial charge is 0.381 e. The Morgan fingerprint density at radius 1 is 1.33 bits per heavy atom. The van der Waals surface area contributed by atoms with Crippen molar-refractivity contribution in [3.8, 4) is 0 Å². The molecule has 15 heavy (non-hydrogen) atoms. The minimum absolute atomic E-state index is 0.135. The Kier molecular flexibility index (Phi) is 4.55. The Labute approximate surface area is 92.3 Å². The van der Waals surface area contributed by atoms with Gasteiger partial charge in [-0.15, -0.1) is 0 Å². The van der Waals surface area contributed by atoms with E-state index in [4.69, 9.17) is 4.74 Å². The Balaban J connectivity index is 2.19. The fourth-order valence-corrected chi connectivity index (χ4v) is 2.39. The molecule has 90 valence electrons. The van der Waals surface area contributed by atoms with Crippen molar-refractivity contribution in [2.75, 3.05) is 31.8 Å². The maximum atomic E-state index is 10.9. The van der Waals surface area contributed by atoms with Gasteiger partial charge in [0.25, 0.3) is 0 Å². The van der Waals surface area contributed by atoms with Gasteiger partial charge < -0.3 is 10.1 Å². The SMILES string of the molecule is CC1(NCCCS(C)(=O)=O)CCOCC1. The van der Waals surface area contributed by atoms with Crippen LogP contribution in [0.25, 0.3) is 0 Å². The molecule has 0 aromatic rings. The summed E-state index contributed by atoms with van der Waals surface area (Å²) in [5, 5.41) is 3.43. The summed E-state index contributed by atoms with van der Waals surface area (Å²) in [4.78, 5) is 0. The highest BCUT2D eigenvalue weighted by atomic mass is 32.2. The molecule has 1 fully saturated rings. The van der Waals surface area contributed by atoms with Crippen molar-refractivity contribution < 1.29 is 13.2 Å². The minimum atomic E-state index is -2.81. The molecule has 0 saturated carbocycles. The van der Waals surface area contributed by atoms with Crippen LogP contribution >= 0.6 is 0 Å².